The van der Waals surface area contributed by atoms with Crippen LogP contribution in [0.25, 0.3) is 11.1 Å². The summed E-state index contributed by atoms with van der Waals surface area (Å²) in [6.45, 7) is 1.82. The molecule has 2 nitrogen and oxygen atoms in total. The van der Waals surface area contributed by atoms with Crippen LogP contribution in [0.5, 0.6) is 0 Å². The lowest BCUT2D eigenvalue weighted by atomic mass is 10.1. The van der Waals surface area contributed by atoms with E-state index in [9.17, 15) is 0 Å². The third kappa shape index (κ3) is 2.36. The Morgan fingerprint density at radius 1 is 1.33 bits per heavy atom. The molecule has 0 spiro atoms. The van der Waals surface area contributed by atoms with Crippen LogP contribution in [0.3, 0.4) is 0 Å². The van der Waals surface area contributed by atoms with Crippen LogP contribution in [0, 0.1) is 6.92 Å². The molecule has 0 radical (unpaired) electrons. The van der Waals surface area contributed by atoms with E-state index in [-0.39, 0.29) is 0 Å². The number of benzene rings is 1. The zero-order valence-corrected chi connectivity index (χ0v) is 10.4. The van der Waals surface area contributed by atoms with Crippen LogP contribution in [-0.4, -0.2) is 9.97 Å². The Labute approximate surface area is 101 Å². The topological polar surface area (TPSA) is 25.8 Å². The zero-order valence-electron chi connectivity index (χ0n) is 8.04. The molecule has 0 aliphatic carbocycles. The van der Waals surface area contributed by atoms with Gasteiger partial charge in [-0.3, -0.25) is 0 Å². The molecule has 0 saturated heterocycles. The van der Waals surface area contributed by atoms with Gasteiger partial charge in [0.2, 0.25) is 0 Å². The maximum absolute atomic E-state index is 6.05. The number of rotatable bonds is 1. The summed E-state index contributed by atoms with van der Waals surface area (Å²) in [6, 6.07) is 7.88. The predicted molar refractivity (Wildman–Crippen MR) is 64.9 cm³/mol. The van der Waals surface area contributed by atoms with Crippen LogP contribution in [0.1, 0.15) is 5.82 Å². The molecule has 0 unspecified atom stereocenters. The van der Waals surface area contributed by atoms with Crippen molar-refractivity contribution in [3.05, 3.63) is 45.9 Å². The summed E-state index contributed by atoms with van der Waals surface area (Å²) in [6.07, 6.45) is 1.74. The Morgan fingerprint density at radius 3 is 2.80 bits per heavy atom. The summed E-state index contributed by atoms with van der Waals surface area (Å²) in [4.78, 5) is 8.25. The molecule has 0 fully saturated rings. The Hall–Kier alpha value is -0.930. The molecule has 4 heteroatoms. The lowest BCUT2D eigenvalue weighted by Gasteiger charge is -2.04. The molecule has 1 aromatic carbocycles. The SMILES string of the molecule is Cc1ncc(-c2cccc(Br)c2)c(Cl)n1. The standard InChI is InChI=1S/C11H8BrClN2/c1-7-14-6-10(11(13)15-7)8-3-2-4-9(12)5-8/h2-6H,1H3. The molecule has 0 bridgehead atoms. The lowest BCUT2D eigenvalue weighted by molar-refractivity contribution is 1.06. The quantitative estimate of drug-likeness (QED) is 0.743. The summed E-state index contributed by atoms with van der Waals surface area (Å²) in [7, 11) is 0. The van der Waals surface area contributed by atoms with Gasteiger partial charge in [0.1, 0.15) is 11.0 Å². The molecule has 2 rings (SSSR count). The van der Waals surface area contributed by atoms with Gasteiger partial charge in [-0.15, -0.1) is 0 Å². The van der Waals surface area contributed by atoms with Crippen LogP contribution in [0.15, 0.2) is 34.9 Å². The summed E-state index contributed by atoms with van der Waals surface area (Å²) in [5.41, 5.74) is 1.86. The predicted octanol–water partition coefficient (Wildman–Crippen LogP) is 3.87. The van der Waals surface area contributed by atoms with E-state index in [1.807, 2.05) is 31.2 Å². The van der Waals surface area contributed by atoms with Crippen molar-refractivity contribution in [1.82, 2.24) is 9.97 Å². The van der Waals surface area contributed by atoms with E-state index in [2.05, 4.69) is 25.9 Å². The van der Waals surface area contributed by atoms with Crippen molar-refractivity contribution >= 4 is 27.5 Å². The molecule has 0 aliphatic heterocycles. The van der Waals surface area contributed by atoms with E-state index in [0.717, 1.165) is 15.6 Å². The first-order valence-corrected chi connectivity index (χ1v) is 5.59. The molecule has 15 heavy (non-hydrogen) atoms. The van der Waals surface area contributed by atoms with Gasteiger partial charge in [-0.1, -0.05) is 39.7 Å². The zero-order chi connectivity index (χ0) is 10.8. The van der Waals surface area contributed by atoms with Gasteiger partial charge in [0.15, 0.2) is 0 Å². The van der Waals surface area contributed by atoms with Crippen LogP contribution < -0.4 is 0 Å². The summed E-state index contributed by atoms with van der Waals surface area (Å²) < 4.78 is 1.01. The molecular formula is C11H8BrClN2. The van der Waals surface area contributed by atoms with Crippen LogP contribution in [0.4, 0.5) is 0 Å². The lowest BCUT2D eigenvalue weighted by Crippen LogP contribution is -1.90. The molecule has 2 aromatic rings. The van der Waals surface area contributed by atoms with Gasteiger partial charge in [-0.2, -0.15) is 0 Å². The minimum absolute atomic E-state index is 0.487. The van der Waals surface area contributed by atoms with Crippen molar-refractivity contribution in [2.75, 3.05) is 0 Å². The molecule has 1 heterocycles. The van der Waals surface area contributed by atoms with Crippen molar-refractivity contribution in [2.24, 2.45) is 0 Å². The molecule has 0 atom stereocenters. The fourth-order valence-corrected chi connectivity index (χ4v) is 1.97. The molecule has 0 saturated carbocycles. The third-order valence-corrected chi connectivity index (χ3v) is 2.78. The normalized spacial score (nSPS) is 10.3. The highest BCUT2D eigenvalue weighted by atomic mass is 79.9. The maximum Gasteiger partial charge on any atom is 0.140 e. The van der Waals surface area contributed by atoms with E-state index < -0.39 is 0 Å². The van der Waals surface area contributed by atoms with E-state index in [0.29, 0.717) is 11.0 Å². The highest BCUT2D eigenvalue weighted by Crippen LogP contribution is 2.27. The second-order valence-corrected chi connectivity index (χ2v) is 4.41. The molecule has 0 amide bonds. The largest absolute Gasteiger partial charge is 0.241 e. The van der Waals surface area contributed by atoms with Crippen LogP contribution in [-0.2, 0) is 0 Å². The van der Waals surface area contributed by atoms with Gasteiger partial charge in [0, 0.05) is 16.2 Å². The van der Waals surface area contributed by atoms with E-state index >= 15 is 0 Å². The van der Waals surface area contributed by atoms with E-state index in [4.69, 9.17) is 11.6 Å². The Bertz CT molecular complexity index is 500. The minimum atomic E-state index is 0.487. The number of halogens is 2. The summed E-state index contributed by atoms with van der Waals surface area (Å²) >= 11 is 9.46. The first-order valence-electron chi connectivity index (χ1n) is 4.42. The molecule has 76 valence electrons. The van der Waals surface area contributed by atoms with E-state index in [1.54, 1.807) is 6.20 Å². The number of nitrogens with zero attached hydrogens (tertiary/aromatic N) is 2. The average molecular weight is 284 g/mol. The number of hydrogen-bond acceptors (Lipinski definition) is 2. The van der Waals surface area contributed by atoms with Gasteiger partial charge in [-0.05, 0) is 24.6 Å². The average Bonchev–Trinajstić information content (AvgIpc) is 2.17. The van der Waals surface area contributed by atoms with Crippen molar-refractivity contribution in [3.63, 3.8) is 0 Å². The highest BCUT2D eigenvalue weighted by molar-refractivity contribution is 9.10. The smallest absolute Gasteiger partial charge is 0.140 e. The summed E-state index contributed by atoms with van der Waals surface area (Å²) in [5, 5.41) is 0.487. The fraction of sp³-hybridized carbons (Fsp3) is 0.0909. The highest BCUT2D eigenvalue weighted by Gasteiger charge is 2.05. The van der Waals surface area contributed by atoms with Gasteiger partial charge in [0.25, 0.3) is 0 Å². The molecule has 1 aromatic heterocycles. The van der Waals surface area contributed by atoms with Crippen molar-refractivity contribution in [1.29, 1.82) is 0 Å². The van der Waals surface area contributed by atoms with Crippen molar-refractivity contribution in [2.45, 2.75) is 6.92 Å². The van der Waals surface area contributed by atoms with E-state index in [1.165, 1.54) is 0 Å². The fourth-order valence-electron chi connectivity index (χ4n) is 1.29. The molecule has 0 N–H and O–H groups in total. The van der Waals surface area contributed by atoms with Crippen molar-refractivity contribution in [3.8, 4) is 11.1 Å². The minimum Gasteiger partial charge on any atom is -0.241 e. The van der Waals surface area contributed by atoms with Crippen LogP contribution in [0.2, 0.25) is 5.15 Å². The second-order valence-electron chi connectivity index (χ2n) is 3.13. The third-order valence-electron chi connectivity index (χ3n) is 2.00. The van der Waals surface area contributed by atoms with Crippen molar-refractivity contribution < 1.29 is 0 Å². The second kappa shape index (κ2) is 4.29. The van der Waals surface area contributed by atoms with Gasteiger partial charge in [-0.25, -0.2) is 9.97 Å². The molecular weight excluding hydrogens is 275 g/mol. The first-order chi connectivity index (χ1) is 7.16. The first kappa shape index (κ1) is 10.6. The Kier molecular flexibility index (Phi) is 3.03. The van der Waals surface area contributed by atoms with Crippen LogP contribution >= 0.6 is 27.5 Å². The Morgan fingerprint density at radius 2 is 2.13 bits per heavy atom. The summed E-state index contributed by atoms with van der Waals surface area (Å²) in [5.74, 6) is 0.679. The number of hydrogen-bond donors (Lipinski definition) is 0. The number of aromatic nitrogens is 2. The van der Waals surface area contributed by atoms with Gasteiger partial charge < -0.3 is 0 Å². The maximum atomic E-state index is 6.05. The molecule has 0 aliphatic rings. The monoisotopic (exact) mass is 282 g/mol. The van der Waals surface area contributed by atoms with Gasteiger partial charge >= 0.3 is 0 Å². The number of aryl methyl sites for hydroxylation is 1. The van der Waals surface area contributed by atoms with Gasteiger partial charge in [0.05, 0.1) is 0 Å². The Balaban J connectivity index is 2.54.